The Morgan fingerprint density at radius 1 is 1.00 bits per heavy atom. The molecule has 0 aliphatic heterocycles. The fourth-order valence-corrected chi connectivity index (χ4v) is 2.21. The predicted octanol–water partition coefficient (Wildman–Crippen LogP) is 3.38. The van der Waals surface area contributed by atoms with E-state index in [-0.39, 0.29) is 27.8 Å². The minimum absolute atomic E-state index is 0. The number of hydrogen-bond acceptors (Lipinski definition) is 3. The Morgan fingerprint density at radius 2 is 1.83 bits per heavy atom. The zero-order valence-corrected chi connectivity index (χ0v) is 14.9. The Kier molecular flexibility index (Phi) is 5.52. The summed E-state index contributed by atoms with van der Waals surface area (Å²) < 4.78 is 0. The zero-order valence-electron chi connectivity index (χ0n) is 13.4. The smallest absolute Gasteiger partial charge is 0.441 e. The topological polar surface area (TPSA) is 52.8 Å². The summed E-state index contributed by atoms with van der Waals surface area (Å²) in [7, 11) is 0. The van der Waals surface area contributed by atoms with Gasteiger partial charge in [0, 0.05) is 29.4 Å². The standard InChI is InChI=1S/C18H19N4.Ag/c1-18(2,3)16-9-6-7-13(21-16)11-14-12-20-17(22-14)15-8-4-5-10-19-15;/h4-10,12H,11H2,1-3H3;/q-1;+1. The molecule has 0 aromatic carbocycles. The van der Waals surface area contributed by atoms with E-state index in [4.69, 9.17) is 4.98 Å². The van der Waals surface area contributed by atoms with Crippen LogP contribution in [-0.4, -0.2) is 15.0 Å². The van der Waals surface area contributed by atoms with Crippen molar-refractivity contribution >= 4 is 0 Å². The van der Waals surface area contributed by atoms with Crippen LogP contribution in [-0.2, 0) is 34.2 Å². The average Bonchev–Trinajstić information content (AvgIpc) is 2.96. The summed E-state index contributed by atoms with van der Waals surface area (Å²) in [6.07, 6.45) is 4.24. The Hall–Kier alpha value is -1.75. The van der Waals surface area contributed by atoms with E-state index in [1.807, 2.05) is 24.3 Å². The fourth-order valence-electron chi connectivity index (χ4n) is 2.21. The van der Waals surface area contributed by atoms with E-state index in [0.29, 0.717) is 12.2 Å². The number of imidazole rings is 1. The van der Waals surface area contributed by atoms with E-state index >= 15 is 0 Å². The SMILES string of the molecule is CC(C)(C)c1cccc(Cc2cnc(-c3ccccn3)[n-]2)n1.[Ag+]. The van der Waals surface area contributed by atoms with Crippen LogP contribution in [0.15, 0.2) is 48.8 Å². The average molecular weight is 399 g/mol. The van der Waals surface area contributed by atoms with E-state index in [1.54, 1.807) is 12.4 Å². The van der Waals surface area contributed by atoms with Gasteiger partial charge in [0.2, 0.25) is 0 Å². The summed E-state index contributed by atoms with van der Waals surface area (Å²) in [6.45, 7) is 6.50. The van der Waals surface area contributed by atoms with Gasteiger partial charge in [-0.25, -0.2) is 0 Å². The molecule has 0 aliphatic rings. The van der Waals surface area contributed by atoms with Crippen molar-refractivity contribution in [2.24, 2.45) is 0 Å². The number of nitrogens with zero attached hydrogens (tertiary/aromatic N) is 4. The maximum absolute atomic E-state index is 4.74. The number of aromatic nitrogens is 4. The van der Waals surface area contributed by atoms with Gasteiger partial charge in [0.15, 0.2) is 0 Å². The molecule has 0 saturated carbocycles. The van der Waals surface area contributed by atoms with Gasteiger partial charge in [-0.15, -0.1) is 0 Å². The van der Waals surface area contributed by atoms with Crippen molar-refractivity contribution < 1.29 is 22.4 Å². The third kappa shape index (κ3) is 4.38. The molecule has 0 radical (unpaired) electrons. The van der Waals surface area contributed by atoms with Crippen molar-refractivity contribution in [3.8, 4) is 11.5 Å². The largest absolute Gasteiger partial charge is 1.00 e. The molecule has 0 amide bonds. The molecule has 122 valence electrons. The summed E-state index contributed by atoms with van der Waals surface area (Å²) in [5.41, 5.74) is 3.87. The maximum atomic E-state index is 4.74. The molecule has 0 aliphatic carbocycles. The van der Waals surface area contributed by atoms with E-state index in [1.165, 1.54) is 0 Å². The van der Waals surface area contributed by atoms with Gasteiger partial charge >= 0.3 is 22.4 Å². The normalized spacial score (nSPS) is 11.1. The van der Waals surface area contributed by atoms with Gasteiger partial charge in [-0.3, -0.25) is 9.97 Å². The minimum Gasteiger partial charge on any atom is -0.441 e. The Bertz CT molecular complexity index is 760. The van der Waals surface area contributed by atoms with Crippen molar-refractivity contribution in [1.29, 1.82) is 0 Å². The first-order chi connectivity index (χ1) is 10.5. The molecule has 0 bridgehead atoms. The molecule has 0 spiro atoms. The second kappa shape index (κ2) is 7.22. The van der Waals surface area contributed by atoms with Gasteiger partial charge in [-0.2, -0.15) is 0 Å². The quantitative estimate of drug-likeness (QED) is 0.634. The minimum atomic E-state index is 0. The molecule has 0 atom stereocenters. The Morgan fingerprint density at radius 3 is 2.52 bits per heavy atom. The van der Waals surface area contributed by atoms with Gasteiger partial charge in [0.1, 0.15) is 0 Å². The zero-order chi connectivity index (χ0) is 15.6. The second-order valence-corrected chi connectivity index (χ2v) is 6.34. The molecule has 3 aromatic rings. The maximum Gasteiger partial charge on any atom is 1.00 e. The number of pyridine rings is 2. The molecule has 5 heteroatoms. The molecule has 0 fully saturated rings. The van der Waals surface area contributed by atoms with Crippen molar-refractivity contribution in [1.82, 2.24) is 19.9 Å². The summed E-state index contributed by atoms with van der Waals surface area (Å²) in [6, 6.07) is 11.9. The van der Waals surface area contributed by atoms with Crippen LogP contribution in [0.5, 0.6) is 0 Å². The van der Waals surface area contributed by atoms with Gasteiger partial charge in [-0.05, 0) is 30.1 Å². The van der Waals surface area contributed by atoms with E-state index < -0.39 is 0 Å². The first-order valence-electron chi connectivity index (χ1n) is 7.39. The number of hydrogen-bond donors (Lipinski definition) is 0. The van der Waals surface area contributed by atoms with Gasteiger partial charge in [-0.1, -0.05) is 44.8 Å². The summed E-state index contributed by atoms with van der Waals surface area (Å²) in [5.74, 6) is 0.669. The van der Waals surface area contributed by atoms with E-state index in [9.17, 15) is 0 Å². The predicted molar refractivity (Wildman–Crippen MR) is 86.5 cm³/mol. The fraction of sp³-hybridized carbons (Fsp3) is 0.278. The van der Waals surface area contributed by atoms with E-state index in [0.717, 1.165) is 22.8 Å². The van der Waals surface area contributed by atoms with Crippen LogP contribution in [0.1, 0.15) is 37.9 Å². The first-order valence-corrected chi connectivity index (χ1v) is 7.39. The molecular formula is C18H19AgN4. The molecular weight excluding hydrogens is 380 g/mol. The molecule has 0 N–H and O–H groups in total. The molecule has 4 nitrogen and oxygen atoms in total. The van der Waals surface area contributed by atoms with Crippen molar-refractivity contribution in [3.05, 3.63) is 65.9 Å². The summed E-state index contributed by atoms with van der Waals surface area (Å²) in [5, 5.41) is 0. The van der Waals surface area contributed by atoms with Crippen molar-refractivity contribution in [2.45, 2.75) is 32.6 Å². The van der Waals surface area contributed by atoms with Crippen LogP contribution in [0, 0.1) is 0 Å². The third-order valence-corrected chi connectivity index (χ3v) is 3.42. The van der Waals surface area contributed by atoms with Gasteiger partial charge < -0.3 is 9.97 Å². The molecule has 3 aromatic heterocycles. The van der Waals surface area contributed by atoms with Gasteiger partial charge in [0.05, 0.1) is 5.69 Å². The van der Waals surface area contributed by atoms with Crippen LogP contribution >= 0.6 is 0 Å². The molecule has 23 heavy (non-hydrogen) atoms. The van der Waals surface area contributed by atoms with Gasteiger partial charge in [0.25, 0.3) is 0 Å². The monoisotopic (exact) mass is 398 g/mol. The van der Waals surface area contributed by atoms with Crippen LogP contribution in [0.25, 0.3) is 11.5 Å². The van der Waals surface area contributed by atoms with Crippen LogP contribution < -0.4 is 4.98 Å². The molecule has 0 saturated heterocycles. The molecule has 3 rings (SSSR count). The Labute approximate surface area is 152 Å². The van der Waals surface area contributed by atoms with Crippen molar-refractivity contribution in [3.63, 3.8) is 0 Å². The Balaban J connectivity index is 0.00000192. The van der Waals surface area contributed by atoms with Crippen LogP contribution in [0.2, 0.25) is 0 Å². The van der Waals surface area contributed by atoms with Crippen LogP contribution in [0.3, 0.4) is 0 Å². The first kappa shape index (κ1) is 17.6. The second-order valence-electron chi connectivity index (χ2n) is 6.34. The summed E-state index contributed by atoms with van der Waals surface area (Å²) in [4.78, 5) is 17.9. The third-order valence-electron chi connectivity index (χ3n) is 3.42. The molecule has 3 heterocycles. The number of rotatable bonds is 3. The van der Waals surface area contributed by atoms with E-state index in [2.05, 4.69) is 47.9 Å². The van der Waals surface area contributed by atoms with Crippen LogP contribution in [0.4, 0.5) is 0 Å². The molecule has 0 unspecified atom stereocenters. The van der Waals surface area contributed by atoms with Crippen molar-refractivity contribution in [2.75, 3.05) is 0 Å². The summed E-state index contributed by atoms with van der Waals surface area (Å²) >= 11 is 0.